The smallest absolute Gasteiger partial charge is 0.261 e. The van der Waals surface area contributed by atoms with Crippen LogP contribution in [-0.2, 0) is 0 Å². The number of carbonyl (C=O) groups excluding carboxylic acids is 2. The standard InChI is InChI=1S/C20H27NO3/c1-4-6-7-8-13-17(22)20(3,5-2)14-21-18(23)15-11-9-10-12-16(15)19(21)24/h5,9-12,17,22H,2,4,6-8,13-14H2,1,3H3/t17-,20-/m0/s1. The molecule has 24 heavy (non-hydrogen) atoms. The highest BCUT2D eigenvalue weighted by Crippen LogP contribution is 2.32. The first-order valence-electron chi connectivity index (χ1n) is 8.71. The highest BCUT2D eigenvalue weighted by molar-refractivity contribution is 6.21. The minimum Gasteiger partial charge on any atom is -0.392 e. The van der Waals surface area contributed by atoms with Crippen LogP contribution in [0.25, 0.3) is 0 Å². The van der Waals surface area contributed by atoms with E-state index in [1.54, 1.807) is 30.3 Å². The molecule has 4 nitrogen and oxygen atoms in total. The Balaban J connectivity index is 2.08. The van der Waals surface area contributed by atoms with Gasteiger partial charge in [0, 0.05) is 12.0 Å². The molecule has 2 atom stereocenters. The molecule has 0 saturated carbocycles. The fraction of sp³-hybridized carbons (Fsp3) is 0.500. The van der Waals surface area contributed by atoms with Gasteiger partial charge in [0.25, 0.3) is 11.8 Å². The molecule has 4 heteroatoms. The summed E-state index contributed by atoms with van der Waals surface area (Å²) in [7, 11) is 0. The van der Waals surface area contributed by atoms with Crippen molar-refractivity contribution < 1.29 is 14.7 Å². The third-order valence-corrected chi connectivity index (χ3v) is 4.94. The van der Waals surface area contributed by atoms with Crippen molar-refractivity contribution in [3.63, 3.8) is 0 Å². The highest BCUT2D eigenvalue weighted by Gasteiger charge is 2.41. The van der Waals surface area contributed by atoms with Crippen LogP contribution in [0.4, 0.5) is 0 Å². The van der Waals surface area contributed by atoms with Crippen molar-refractivity contribution in [3.05, 3.63) is 48.0 Å². The lowest BCUT2D eigenvalue weighted by Gasteiger charge is -2.34. The molecule has 2 rings (SSSR count). The van der Waals surface area contributed by atoms with E-state index in [4.69, 9.17) is 0 Å². The summed E-state index contributed by atoms with van der Waals surface area (Å²) in [5, 5.41) is 10.6. The number of rotatable bonds is 9. The Morgan fingerprint density at radius 1 is 1.17 bits per heavy atom. The second-order valence-corrected chi connectivity index (χ2v) is 6.82. The molecule has 0 unspecified atom stereocenters. The molecule has 0 aromatic heterocycles. The van der Waals surface area contributed by atoms with Gasteiger partial charge in [0.2, 0.25) is 0 Å². The molecule has 1 aliphatic heterocycles. The van der Waals surface area contributed by atoms with Crippen molar-refractivity contribution in [1.82, 2.24) is 4.90 Å². The number of imide groups is 1. The van der Waals surface area contributed by atoms with Crippen LogP contribution in [0.3, 0.4) is 0 Å². The van der Waals surface area contributed by atoms with Crippen LogP contribution in [0, 0.1) is 5.41 Å². The second-order valence-electron chi connectivity index (χ2n) is 6.82. The van der Waals surface area contributed by atoms with Gasteiger partial charge < -0.3 is 5.11 Å². The first kappa shape index (κ1) is 18.4. The van der Waals surface area contributed by atoms with E-state index in [-0.39, 0.29) is 18.4 Å². The van der Waals surface area contributed by atoms with Crippen LogP contribution in [0.2, 0.25) is 0 Å². The van der Waals surface area contributed by atoms with Crippen molar-refractivity contribution in [3.8, 4) is 0 Å². The van der Waals surface area contributed by atoms with E-state index in [0.717, 1.165) is 25.7 Å². The van der Waals surface area contributed by atoms with Gasteiger partial charge in [-0.2, -0.15) is 0 Å². The Morgan fingerprint density at radius 2 is 1.75 bits per heavy atom. The normalized spacial score (nSPS) is 17.5. The average Bonchev–Trinajstić information content (AvgIpc) is 2.83. The lowest BCUT2D eigenvalue weighted by Crippen LogP contribution is -2.44. The van der Waals surface area contributed by atoms with E-state index in [2.05, 4.69) is 13.5 Å². The van der Waals surface area contributed by atoms with Crippen molar-refractivity contribution in [1.29, 1.82) is 0 Å². The van der Waals surface area contributed by atoms with Crippen LogP contribution in [-0.4, -0.2) is 34.5 Å². The number of aliphatic hydroxyl groups excluding tert-OH is 1. The summed E-state index contributed by atoms with van der Waals surface area (Å²) in [6.07, 6.45) is 5.98. The Kier molecular flexibility index (Phi) is 5.94. The molecule has 1 N–H and O–H groups in total. The van der Waals surface area contributed by atoms with Gasteiger partial charge in [-0.3, -0.25) is 14.5 Å². The number of carbonyl (C=O) groups is 2. The number of nitrogens with zero attached hydrogens (tertiary/aromatic N) is 1. The third kappa shape index (κ3) is 3.59. The molecule has 1 aromatic carbocycles. The maximum absolute atomic E-state index is 12.5. The minimum absolute atomic E-state index is 0.151. The summed E-state index contributed by atoms with van der Waals surface area (Å²) in [6, 6.07) is 6.84. The predicted octanol–water partition coefficient (Wildman–Crippen LogP) is 3.81. The molecule has 1 aromatic rings. The molecule has 0 radical (unpaired) electrons. The van der Waals surface area contributed by atoms with Crippen LogP contribution in [0.5, 0.6) is 0 Å². The van der Waals surface area contributed by atoms with Crippen molar-refractivity contribution in [2.75, 3.05) is 6.54 Å². The van der Waals surface area contributed by atoms with E-state index in [0.29, 0.717) is 17.5 Å². The molecular formula is C20H27NO3. The lowest BCUT2D eigenvalue weighted by molar-refractivity contribution is 0.0302. The highest BCUT2D eigenvalue weighted by atomic mass is 16.3. The molecule has 130 valence electrons. The summed E-state index contributed by atoms with van der Waals surface area (Å²) in [4.78, 5) is 26.3. The van der Waals surface area contributed by atoms with Crippen molar-refractivity contribution >= 4 is 11.8 Å². The summed E-state index contributed by atoms with van der Waals surface area (Å²) in [5.41, 5.74) is 0.164. The van der Waals surface area contributed by atoms with Crippen LogP contribution in [0.15, 0.2) is 36.9 Å². The molecular weight excluding hydrogens is 302 g/mol. The Hall–Kier alpha value is -1.94. The summed E-state index contributed by atoms with van der Waals surface area (Å²) < 4.78 is 0. The number of aliphatic hydroxyl groups is 1. The largest absolute Gasteiger partial charge is 0.392 e. The van der Waals surface area contributed by atoms with Gasteiger partial charge in [-0.25, -0.2) is 0 Å². The van der Waals surface area contributed by atoms with Gasteiger partial charge in [0.1, 0.15) is 0 Å². The molecule has 0 saturated heterocycles. The topological polar surface area (TPSA) is 57.6 Å². The fourth-order valence-electron chi connectivity index (χ4n) is 3.12. The summed E-state index contributed by atoms with van der Waals surface area (Å²) >= 11 is 0. The Bertz CT molecular complexity index is 590. The van der Waals surface area contributed by atoms with Crippen LogP contribution < -0.4 is 0 Å². The van der Waals surface area contributed by atoms with E-state index in [1.165, 1.54) is 4.90 Å². The van der Waals surface area contributed by atoms with Crippen LogP contribution >= 0.6 is 0 Å². The maximum atomic E-state index is 12.5. The number of benzene rings is 1. The van der Waals surface area contributed by atoms with Gasteiger partial charge in [-0.1, -0.05) is 57.7 Å². The van der Waals surface area contributed by atoms with Crippen molar-refractivity contribution in [2.24, 2.45) is 5.41 Å². The van der Waals surface area contributed by atoms with Gasteiger partial charge in [-0.05, 0) is 18.6 Å². The predicted molar refractivity (Wildman–Crippen MR) is 94.9 cm³/mol. The minimum atomic E-state index is -0.709. The van der Waals surface area contributed by atoms with E-state index in [9.17, 15) is 14.7 Å². The molecule has 0 bridgehead atoms. The maximum Gasteiger partial charge on any atom is 0.261 e. The third-order valence-electron chi connectivity index (χ3n) is 4.94. The van der Waals surface area contributed by atoms with E-state index >= 15 is 0 Å². The molecule has 0 aliphatic carbocycles. The van der Waals surface area contributed by atoms with Crippen LogP contribution in [0.1, 0.15) is 66.7 Å². The Labute approximate surface area is 144 Å². The first-order chi connectivity index (χ1) is 11.4. The SMILES string of the molecule is C=C[C@@](C)(CN1C(=O)c2ccccc2C1=O)[C@@H](O)CCCCCC. The number of hydrogen-bond acceptors (Lipinski definition) is 3. The number of hydrogen-bond donors (Lipinski definition) is 1. The number of unbranched alkanes of at least 4 members (excludes halogenated alkanes) is 3. The van der Waals surface area contributed by atoms with Gasteiger partial charge in [0.05, 0.1) is 17.2 Å². The van der Waals surface area contributed by atoms with Gasteiger partial charge >= 0.3 is 0 Å². The van der Waals surface area contributed by atoms with E-state index < -0.39 is 11.5 Å². The lowest BCUT2D eigenvalue weighted by atomic mass is 9.81. The monoisotopic (exact) mass is 329 g/mol. The zero-order valence-electron chi connectivity index (χ0n) is 14.6. The zero-order chi connectivity index (χ0) is 17.7. The number of fused-ring (bicyclic) bond motifs is 1. The fourth-order valence-corrected chi connectivity index (χ4v) is 3.12. The average molecular weight is 329 g/mol. The molecule has 0 spiro atoms. The second kappa shape index (κ2) is 7.75. The molecule has 1 heterocycles. The summed E-state index contributed by atoms with van der Waals surface area (Å²) in [5.74, 6) is -0.580. The molecule has 2 amide bonds. The molecule has 0 fully saturated rings. The van der Waals surface area contributed by atoms with Gasteiger partial charge in [-0.15, -0.1) is 6.58 Å². The van der Waals surface area contributed by atoms with E-state index in [1.807, 2.05) is 6.92 Å². The zero-order valence-corrected chi connectivity index (χ0v) is 14.6. The molecule has 1 aliphatic rings. The quantitative estimate of drug-likeness (QED) is 0.426. The summed E-state index contributed by atoms with van der Waals surface area (Å²) in [6.45, 7) is 7.98. The number of amides is 2. The van der Waals surface area contributed by atoms with Crippen molar-refractivity contribution in [2.45, 2.75) is 52.1 Å². The van der Waals surface area contributed by atoms with Gasteiger partial charge in [0.15, 0.2) is 0 Å². The first-order valence-corrected chi connectivity index (χ1v) is 8.71. The Morgan fingerprint density at radius 3 is 2.25 bits per heavy atom.